The zero-order chi connectivity index (χ0) is 17.6. The number of rotatable bonds is 6. The van der Waals surface area contributed by atoms with E-state index >= 15 is 0 Å². The second-order valence-electron chi connectivity index (χ2n) is 5.16. The van der Waals surface area contributed by atoms with Crippen LogP contribution in [0.2, 0.25) is 0 Å². The van der Waals surface area contributed by atoms with E-state index in [0.717, 1.165) is 20.6 Å². The molecule has 0 spiro atoms. The molecule has 0 bridgehead atoms. The maximum atomic E-state index is 12.0. The molecule has 7 heteroatoms. The van der Waals surface area contributed by atoms with Crippen LogP contribution in [0.5, 0.6) is 11.5 Å². The van der Waals surface area contributed by atoms with E-state index in [1.165, 1.54) is 0 Å². The molecule has 3 aromatic rings. The number of carbonyl (C=O) groups excluding carboxylic acids is 1. The molecule has 1 aromatic heterocycles. The minimum Gasteiger partial charge on any atom is -0.496 e. The van der Waals surface area contributed by atoms with Crippen LogP contribution in [0.25, 0.3) is 11.3 Å². The fraction of sp³-hybridized carbons (Fsp3) is 0.111. The van der Waals surface area contributed by atoms with Gasteiger partial charge in [-0.1, -0.05) is 12.1 Å². The lowest BCUT2D eigenvalue weighted by atomic mass is 10.1. The molecule has 128 valence electrons. The van der Waals surface area contributed by atoms with Gasteiger partial charge in [0.15, 0.2) is 12.4 Å². The number of para-hydroxylation sites is 1. The number of carbonyl (C=O) groups is 1. The fourth-order valence-corrected chi connectivity index (χ4v) is 2.61. The van der Waals surface area contributed by atoms with E-state index in [0.29, 0.717) is 11.6 Å². The molecule has 3 rings (SSSR count). The number of nitrogens with zero attached hydrogens (tertiary/aromatic N) is 1. The summed E-state index contributed by atoms with van der Waals surface area (Å²) in [6.45, 7) is -0.0859. The number of H-pyrrole nitrogens is 1. The van der Waals surface area contributed by atoms with Gasteiger partial charge in [0, 0.05) is 15.2 Å². The van der Waals surface area contributed by atoms with Crippen LogP contribution in [0.15, 0.2) is 54.6 Å². The maximum absolute atomic E-state index is 12.0. The van der Waals surface area contributed by atoms with Gasteiger partial charge in [0.2, 0.25) is 0 Å². The SMILES string of the molecule is COc1ccccc1-c1cc(NC(=O)COc2ccc(I)cc2)n[nH]1. The van der Waals surface area contributed by atoms with Gasteiger partial charge in [-0.3, -0.25) is 9.89 Å². The largest absolute Gasteiger partial charge is 0.496 e. The summed E-state index contributed by atoms with van der Waals surface area (Å²) in [5, 5.41) is 9.70. The van der Waals surface area contributed by atoms with Gasteiger partial charge >= 0.3 is 0 Å². The first-order chi connectivity index (χ1) is 12.2. The zero-order valence-electron chi connectivity index (χ0n) is 13.5. The number of hydrogen-bond donors (Lipinski definition) is 2. The molecule has 0 atom stereocenters. The molecule has 2 N–H and O–H groups in total. The Hall–Kier alpha value is -2.55. The van der Waals surface area contributed by atoms with Crippen molar-refractivity contribution in [1.82, 2.24) is 10.2 Å². The summed E-state index contributed by atoms with van der Waals surface area (Å²) < 4.78 is 11.9. The number of aromatic nitrogens is 2. The van der Waals surface area contributed by atoms with Crippen molar-refractivity contribution in [2.24, 2.45) is 0 Å². The quantitative estimate of drug-likeness (QED) is 0.563. The second kappa shape index (κ2) is 8.02. The second-order valence-corrected chi connectivity index (χ2v) is 6.40. The molecule has 0 aliphatic heterocycles. The van der Waals surface area contributed by atoms with E-state index in [4.69, 9.17) is 9.47 Å². The molecular formula is C18H16IN3O3. The topological polar surface area (TPSA) is 76.2 Å². The highest BCUT2D eigenvalue weighted by Gasteiger charge is 2.11. The predicted octanol–water partition coefficient (Wildman–Crippen LogP) is 3.71. The van der Waals surface area contributed by atoms with Crippen molar-refractivity contribution in [3.05, 3.63) is 58.2 Å². The summed E-state index contributed by atoms with van der Waals surface area (Å²) in [6.07, 6.45) is 0. The number of nitrogens with one attached hydrogen (secondary N) is 2. The number of aromatic amines is 1. The minimum atomic E-state index is -0.281. The number of methoxy groups -OCH3 is 1. The molecule has 0 unspecified atom stereocenters. The number of benzene rings is 2. The molecule has 0 radical (unpaired) electrons. The monoisotopic (exact) mass is 449 g/mol. The van der Waals surface area contributed by atoms with Crippen molar-refractivity contribution >= 4 is 34.3 Å². The maximum Gasteiger partial charge on any atom is 0.263 e. The highest BCUT2D eigenvalue weighted by Crippen LogP contribution is 2.29. The molecule has 0 fully saturated rings. The Labute approximate surface area is 158 Å². The first kappa shape index (κ1) is 17.3. The van der Waals surface area contributed by atoms with E-state index in [9.17, 15) is 4.79 Å². The molecule has 0 aliphatic carbocycles. The van der Waals surface area contributed by atoms with E-state index in [1.54, 1.807) is 13.2 Å². The molecule has 2 aromatic carbocycles. The first-order valence-electron chi connectivity index (χ1n) is 7.53. The third-order valence-corrected chi connectivity index (χ3v) is 4.15. The van der Waals surface area contributed by atoms with Crippen LogP contribution in [-0.4, -0.2) is 29.8 Å². The standard InChI is InChI=1S/C18H16IN3O3/c1-24-16-5-3-2-4-14(16)15-10-17(22-21-15)20-18(23)11-25-13-8-6-12(19)7-9-13/h2-10H,11H2,1H3,(H2,20,21,22,23). The minimum absolute atomic E-state index is 0.0859. The summed E-state index contributed by atoms with van der Waals surface area (Å²) in [6, 6.07) is 16.8. The van der Waals surface area contributed by atoms with Crippen LogP contribution in [0.3, 0.4) is 0 Å². The molecule has 6 nitrogen and oxygen atoms in total. The number of hydrogen-bond acceptors (Lipinski definition) is 4. The van der Waals surface area contributed by atoms with Gasteiger partial charge in [-0.05, 0) is 59.0 Å². The van der Waals surface area contributed by atoms with E-state index < -0.39 is 0 Å². The lowest BCUT2D eigenvalue weighted by molar-refractivity contribution is -0.118. The average molecular weight is 449 g/mol. The molecular weight excluding hydrogens is 433 g/mol. The van der Waals surface area contributed by atoms with Gasteiger partial charge in [0.1, 0.15) is 11.5 Å². The predicted molar refractivity (Wildman–Crippen MR) is 104 cm³/mol. The number of halogens is 1. The summed E-state index contributed by atoms with van der Waals surface area (Å²) in [5.41, 5.74) is 1.62. The smallest absolute Gasteiger partial charge is 0.263 e. The van der Waals surface area contributed by atoms with Crippen molar-refractivity contribution < 1.29 is 14.3 Å². The number of amides is 1. The molecule has 0 saturated heterocycles. The lowest BCUT2D eigenvalue weighted by Crippen LogP contribution is -2.20. The normalized spacial score (nSPS) is 10.3. The van der Waals surface area contributed by atoms with Crippen LogP contribution in [0.4, 0.5) is 5.82 Å². The van der Waals surface area contributed by atoms with E-state index in [-0.39, 0.29) is 12.5 Å². The fourth-order valence-electron chi connectivity index (χ4n) is 2.25. The Morgan fingerprint density at radius 1 is 1.20 bits per heavy atom. The van der Waals surface area contributed by atoms with Gasteiger partial charge in [0.05, 0.1) is 12.8 Å². The van der Waals surface area contributed by atoms with Crippen LogP contribution < -0.4 is 14.8 Å². The van der Waals surface area contributed by atoms with Gasteiger partial charge in [-0.2, -0.15) is 5.10 Å². The molecule has 1 amide bonds. The Balaban J connectivity index is 1.61. The van der Waals surface area contributed by atoms with E-state index in [2.05, 4.69) is 38.1 Å². The lowest BCUT2D eigenvalue weighted by Gasteiger charge is -2.06. The summed E-state index contributed by atoms with van der Waals surface area (Å²) in [7, 11) is 1.61. The average Bonchev–Trinajstić information content (AvgIpc) is 3.09. The third-order valence-electron chi connectivity index (χ3n) is 3.43. The Bertz CT molecular complexity index is 862. The summed E-state index contributed by atoms with van der Waals surface area (Å²) in [4.78, 5) is 12.0. The van der Waals surface area contributed by atoms with Gasteiger partial charge < -0.3 is 14.8 Å². The highest BCUT2D eigenvalue weighted by molar-refractivity contribution is 14.1. The molecule has 25 heavy (non-hydrogen) atoms. The van der Waals surface area contributed by atoms with Crippen molar-refractivity contribution in [2.75, 3.05) is 19.0 Å². The van der Waals surface area contributed by atoms with Crippen molar-refractivity contribution in [2.45, 2.75) is 0 Å². The molecule has 0 saturated carbocycles. The summed E-state index contributed by atoms with van der Waals surface area (Å²) >= 11 is 2.21. The van der Waals surface area contributed by atoms with Crippen LogP contribution in [0, 0.1) is 3.57 Å². The zero-order valence-corrected chi connectivity index (χ0v) is 15.6. The van der Waals surface area contributed by atoms with Crippen molar-refractivity contribution in [3.8, 4) is 22.8 Å². The molecule has 1 heterocycles. The Kier molecular flexibility index (Phi) is 5.54. The number of anilines is 1. The van der Waals surface area contributed by atoms with Crippen LogP contribution in [-0.2, 0) is 4.79 Å². The van der Waals surface area contributed by atoms with E-state index in [1.807, 2.05) is 48.5 Å². The van der Waals surface area contributed by atoms with Crippen LogP contribution >= 0.6 is 22.6 Å². The van der Waals surface area contributed by atoms with Gasteiger partial charge in [-0.25, -0.2) is 0 Å². The van der Waals surface area contributed by atoms with Crippen molar-refractivity contribution in [1.29, 1.82) is 0 Å². The highest BCUT2D eigenvalue weighted by atomic mass is 127. The Morgan fingerprint density at radius 2 is 1.96 bits per heavy atom. The van der Waals surface area contributed by atoms with Crippen molar-refractivity contribution in [3.63, 3.8) is 0 Å². The first-order valence-corrected chi connectivity index (χ1v) is 8.60. The third kappa shape index (κ3) is 4.50. The Morgan fingerprint density at radius 3 is 2.72 bits per heavy atom. The van der Waals surface area contributed by atoms with Gasteiger partial charge in [0.25, 0.3) is 5.91 Å². The summed E-state index contributed by atoms with van der Waals surface area (Å²) in [5.74, 6) is 1.52. The van der Waals surface area contributed by atoms with Crippen LogP contribution in [0.1, 0.15) is 0 Å². The number of ether oxygens (including phenoxy) is 2. The molecule has 0 aliphatic rings. The van der Waals surface area contributed by atoms with Gasteiger partial charge in [-0.15, -0.1) is 0 Å².